The van der Waals surface area contributed by atoms with Crippen molar-refractivity contribution in [1.29, 1.82) is 0 Å². The number of halogens is 1. The van der Waals surface area contributed by atoms with Gasteiger partial charge in [-0.15, -0.1) is 0 Å². The van der Waals surface area contributed by atoms with Gasteiger partial charge in [-0.3, -0.25) is 0 Å². The van der Waals surface area contributed by atoms with Crippen LogP contribution in [0.15, 0.2) is 18.2 Å². The lowest BCUT2D eigenvalue weighted by Crippen LogP contribution is -3.14. The number of aryl methyl sites for hydroxylation is 1. The molecule has 5 heteroatoms. The van der Waals surface area contributed by atoms with E-state index in [0.717, 1.165) is 34.5 Å². The zero-order chi connectivity index (χ0) is 14.5. The van der Waals surface area contributed by atoms with Gasteiger partial charge >= 0.3 is 0 Å². The maximum atomic E-state index is 6.14. The van der Waals surface area contributed by atoms with E-state index in [9.17, 15) is 0 Å². The molecule has 0 radical (unpaired) electrons. The van der Waals surface area contributed by atoms with Crippen molar-refractivity contribution in [1.82, 2.24) is 4.90 Å². The maximum absolute atomic E-state index is 6.14. The Morgan fingerprint density at radius 1 is 1.40 bits per heavy atom. The molecule has 0 saturated carbocycles. The van der Waals surface area contributed by atoms with Crippen LogP contribution in [0.4, 0.5) is 5.69 Å². The van der Waals surface area contributed by atoms with E-state index in [4.69, 9.17) is 23.8 Å². The summed E-state index contributed by atoms with van der Waals surface area (Å²) in [5.41, 5.74) is 2.05. The van der Waals surface area contributed by atoms with Gasteiger partial charge in [-0.05, 0) is 43.3 Å². The molecule has 3 nitrogen and oxygen atoms in total. The van der Waals surface area contributed by atoms with Crippen LogP contribution in [0, 0.1) is 6.92 Å². The number of hydrogen-bond donors (Lipinski definition) is 2. The highest BCUT2D eigenvalue weighted by molar-refractivity contribution is 7.80. The first-order valence-corrected chi connectivity index (χ1v) is 8.04. The third-order valence-electron chi connectivity index (χ3n) is 3.78. The first-order chi connectivity index (χ1) is 9.60. The molecule has 1 heterocycles. The van der Waals surface area contributed by atoms with E-state index in [0.29, 0.717) is 0 Å². The lowest BCUT2D eigenvalue weighted by Gasteiger charge is -2.33. The smallest absolute Gasteiger partial charge is 0.173 e. The summed E-state index contributed by atoms with van der Waals surface area (Å²) in [6.07, 6.45) is 1.25. The predicted octanol–water partition coefficient (Wildman–Crippen LogP) is 1.96. The Balaban J connectivity index is 1.88. The molecule has 1 fully saturated rings. The summed E-state index contributed by atoms with van der Waals surface area (Å²) in [6.45, 7) is 9.91. The Bertz CT molecular complexity index is 470. The fraction of sp³-hybridized carbons (Fsp3) is 0.533. The quantitative estimate of drug-likeness (QED) is 0.833. The van der Waals surface area contributed by atoms with Gasteiger partial charge in [-0.1, -0.05) is 24.6 Å². The Kier molecular flexibility index (Phi) is 5.64. The molecule has 0 unspecified atom stereocenters. The molecule has 2 rings (SSSR count). The van der Waals surface area contributed by atoms with E-state index in [1.54, 1.807) is 4.90 Å². The fourth-order valence-corrected chi connectivity index (χ4v) is 2.98. The summed E-state index contributed by atoms with van der Waals surface area (Å²) in [5.74, 6) is 0. The number of quaternary nitrogens is 1. The number of nitrogens with one attached hydrogen (secondary N) is 2. The second-order valence-corrected chi connectivity index (χ2v) is 6.18. The number of nitrogens with zero attached hydrogens (tertiary/aromatic N) is 1. The molecule has 1 aromatic carbocycles. The first kappa shape index (κ1) is 15.5. The van der Waals surface area contributed by atoms with Gasteiger partial charge in [0.05, 0.1) is 32.7 Å². The first-order valence-electron chi connectivity index (χ1n) is 7.25. The monoisotopic (exact) mass is 312 g/mol. The minimum atomic E-state index is 0.773. The van der Waals surface area contributed by atoms with Crippen LogP contribution in [0.3, 0.4) is 0 Å². The Labute approximate surface area is 131 Å². The van der Waals surface area contributed by atoms with Crippen molar-refractivity contribution in [3.05, 3.63) is 28.8 Å². The van der Waals surface area contributed by atoms with Crippen LogP contribution in [0.2, 0.25) is 5.02 Å². The minimum Gasteiger partial charge on any atom is -0.338 e. The standard InChI is InChI=1S/C15H22ClN3S/c1-3-6-18-7-9-19(10-8-18)15(20)17-13-5-4-12(2)14(16)11-13/h4-5,11H,3,6-10H2,1-2H3,(H,17,20)/p+1. The third-order valence-corrected chi connectivity index (χ3v) is 4.55. The second-order valence-electron chi connectivity index (χ2n) is 5.38. The van der Waals surface area contributed by atoms with Gasteiger partial charge in [-0.25, -0.2) is 0 Å². The molecule has 0 spiro atoms. The van der Waals surface area contributed by atoms with Gasteiger partial charge in [0.15, 0.2) is 5.11 Å². The minimum absolute atomic E-state index is 0.773. The van der Waals surface area contributed by atoms with Crippen molar-refractivity contribution in [3.8, 4) is 0 Å². The van der Waals surface area contributed by atoms with E-state index in [1.807, 2.05) is 25.1 Å². The summed E-state index contributed by atoms with van der Waals surface area (Å²) < 4.78 is 0. The second kappa shape index (κ2) is 7.25. The van der Waals surface area contributed by atoms with Gasteiger partial charge in [0, 0.05) is 10.7 Å². The average Bonchev–Trinajstić information content (AvgIpc) is 2.44. The van der Waals surface area contributed by atoms with Crippen LogP contribution < -0.4 is 10.2 Å². The molecule has 0 atom stereocenters. The zero-order valence-electron chi connectivity index (χ0n) is 12.2. The van der Waals surface area contributed by atoms with Gasteiger partial charge in [0.1, 0.15) is 0 Å². The van der Waals surface area contributed by atoms with E-state index >= 15 is 0 Å². The van der Waals surface area contributed by atoms with Crippen molar-refractivity contribution in [2.45, 2.75) is 20.3 Å². The number of anilines is 1. The van der Waals surface area contributed by atoms with Crippen LogP contribution >= 0.6 is 23.8 Å². The van der Waals surface area contributed by atoms with Gasteiger partial charge in [0.25, 0.3) is 0 Å². The SMILES string of the molecule is CCC[NH+]1CCN(C(=S)Nc2ccc(C)c(Cl)c2)CC1. The van der Waals surface area contributed by atoms with Crippen LogP contribution in [0.25, 0.3) is 0 Å². The van der Waals surface area contributed by atoms with Crippen molar-refractivity contribution in [2.24, 2.45) is 0 Å². The number of thiocarbonyl (C=S) groups is 1. The highest BCUT2D eigenvalue weighted by Crippen LogP contribution is 2.20. The lowest BCUT2D eigenvalue weighted by molar-refractivity contribution is -0.903. The average molecular weight is 313 g/mol. The zero-order valence-corrected chi connectivity index (χ0v) is 13.8. The van der Waals surface area contributed by atoms with Crippen molar-refractivity contribution in [2.75, 3.05) is 38.0 Å². The summed E-state index contributed by atoms with van der Waals surface area (Å²) in [5, 5.41) is 4.87. The van der Waals surface area contributed by atoms with Crippen LogP contribution in [-0.4, -0.2) is 42.7 Å². The van der Waals surface area contributed by atoms with Crippen LogP contribution in [0.5, 0.6) is 0 Å². The lowest BCUT2D eigenvalue weighted by atomic mass is 10.2. The molecule has 0 bridgehead atoms. The molecule has 110 valence electrons. The number of rotatable bonds is 3. The van der Waals surface area contributed by atoms with E-state index in [2.05, 4.69) is 17.1 Å². The molecular weight excluding hydrogens is 290 g/mol. The molecule has 20 heavy (non-hydrogen) atoms. The molecule has 2 N–H and O–H groups in total. The summed E-state index contributed by atoms with van der Waals surface area (Å²) in [4.78, 5) is 3.94. The number of piperazine rings is 1. The molecule has 0 aliphatic carbocycles. The van der Waals surface area contributed by atoms with Gasteiger partial charge in [0.2, 0.25) is 0 Å². The summed E-state index contributed by atoms with van der Waals surface area (Å²) >= 11 is 11.6. The van der Waals surface area contributed by atoms with Crippen molar-refractivity contribution in [3.63, 3.8) is 0 Å². The topological polar surface area (TPSA) is 19.7 Å². The molecule has 0 amide bonds. The Morgan fingerprint density at radius 2 is 2.10 bits per heavy atom. The van der Waals surface area contributed by atoms with Crippen molar-refractivity contribution < 1.29 is 4.90 Å². The normalized spacial score (nSPS) is 16.2. The Morgan fingerprint density at radius 3 is 2.70 bits per heavy atom. The van der Waals surface area contributed by atoms with Crippen molar-refractivity contribution >= 4 is 34.6 Å². The van der Waals surface area contributed by atoms with Crippen LogP contribution in [-0.2, 0) is 0 Å². The van der Waals surface area contributed by atoms with Gasteiger partial charge in [-0.2, -0.15) is 0 Å². The third kappa shape index (κ3) is 4.08. The predicted molar refractivity (Wildman–Crippen MR) is 89.8 cm³/mol. The number of hydrogen-bond acceptors (Lipinski definition) is 1. The molecule has 1 aliphatic heterocycles. The fourth-order valence-electron chi connectivity index (χ4n) is 2.50. The number of benzene rings is 1. The molecule has 1 aromatic rings. The molecule has 1 aliphatic rings. The summed E-state index contributed by atoms with van der Waals surface area (Å²) in [7, 11) is 0. The molecule has 1 saturated heterocycles. The largest absolute Gasteiger partial charge is 0.338 e. The summed E-state index contributed by atoms with van der Waals surface area (Å²) in [6, 6.07) is 5.96. The van der Waals surface area contributed by atoms with Gasteiger partial charge < -0.3 is 15.1 Å². The van der Waals surface area contributed by atoms with E-state index in [-0.39, 0.29) is 0 Å². The van der Waals surface area contributed by atoms with E-state index in [1.165, 1.54) is 26.1 Å². The Hall–Kier alpha value is -0.840. The van der Waals surface area contributed by atoms with E-state index < -0.39 is 0 Å². The molecule has 0 aromatic heterocycles. The van der Waals surface area contributed by atoms with Crippen LogP contribution in [0.1, 0.15) is 18.9 Å². The maximum Gasteiger partial charge on any atom is 0.173 e. The highest BCUT2D eigenvalue weighted by Gasteiger charge is 2.20. The molecular formula is C15H23ClN3S+. The highest BCUT2D eigenvalue weighted by atomic mass is 35.5.